The first-order valence-electron chi connectivity index (χ1n) is 8.89. The van der Waals surface area contributed by atoms with Gasteiger partial charge in [0.25, 0.3) is 0 Å². The maximum Gasteiger partial charge on any atom is 0.164 e. The molecule has 1 fully saturated rings. The van der Waals surface area contributed by atoms with Crippen molar-refractivity contribution in [1.82, 2.24) is 24.7 Å². The van der Waals surface area contributed by atoms with Gasteiger partial charge in [0.2, 0.25) is 0 Å². The molecule has 1 aliphatic carbocycles. The summed E-state index contributed by atoms with van der Waals surface area (Å²) in [7, 11) is 0. The zero-order valence-electron chi connectivity index (χ0n) is 14.7. The third kappa shape index (κ3) is 2.15. The van der Waals surface area contributed by atoms with Crippen LogP contribution in [0.3, 0.4) is 0 Å². The average Bonchev–Trinajstić information content (AvgIpc) is 3.15. The van der Waals surface area contributed by atoms with E-state index in [4.69, 9.17) is 10.8 Å². The number of nitrogens with one attached hydrogen (secondary N) is 1. The van der Waals surface area contributed by atoms with Gasteiger partial charge in [-0.15, -0.1) is 0 Å². The second-order valence-electron chi connectivity index (χ2n) is 7.10. The number of aromatic nitrogens is 5. The lowest BCUT2D eigenvalue weighted by atomic mass is 9.93. The minimum Gasteiger partial charge on any atom is -0.383 e. The van der Waals surface area contributed by atoms with Gasteiger partial charge in [0.05, 0.1) is 17.1 Å². The molecule has 0 amide bonds. The van der Waals surface area contributed by atoms with E-state index in [0.29, 0.717) is 11.9 Å². The first kappa shape index (κ1) is 15.1. The normalized spacial score (nSPS) is 14.8. The Kier molecular flexibility index (Phi) is 3.16. The number of aromatic amines is 1. The van der Waals surface area contributed by atoms with Gasteiger partial charge in [0.1, 0.15) is 17.8 Å². The van der Waals surface area contributed by atoms with Crippen LogP contribution >= 0.6 is 0 Å². The van der Waals surface area contributed by atoms with Gasteiger partial charge in [-0.2, -0.15) is 5.10 Å². The summed E-state index contributed by atoms with van der Waals surface area (Å²) in [4.78, 5) is 12.1. The Bertz CT molecular complexity index is 1160. The summed E-state index contributed by atoms with van der Waals surface area (Å²) >= 11 is 0. The molecule has 1 saturated carbocycles. The summed E-state index contributed by atoms with van der Waals surface area (Å²) in [6, 6.07) is 8.82. The van der Waals surface area contributed by atoms with Gasteiger partial charge in [0.15, 0.2) is 5.65 Å². The predicted octanol–water partition coefficient (Wildman–Crippen LogP) is 4.31. The Morgan fingerprint density at radius 1 is 1.27 bits per heavy atom. The number of hydrogen-bond acceptors (Lipinski definition) is 4. The zero-order valence-corrected chi connectivity index (χ0v) is 14.7. The van der Waals surface area contributed by atoms with Crippen LogP contribution in [0.4, 0.5) is 5.82 Å². The summed E-state index contributed by atoms with van der Waals surface area (Å²) in [6.07, 6.45) is 5.02. The lowest BCUT2D eigenvalue weighted by molar-refractivity contribution is 0.296. The van der Waals surface area contributed by atoms with E-state index in [1.54, 1.807) is 0 Å². The molecule has 0 bridgehead atoms. The monoisotopic (exact) mass is 344 g/mol. The van der Waals surface area contributed by atoms with Crippen molar-refractivity contribution in [2.24, 2.45) is 0 Å². The summed E-state index contributed by atoms with van der Waals surface area (Å²) in [5, 5.41) is 6.84. The van der Waals surface area contributed by atoms with E-state index >= 15 is 0 Å². The quantitative estimate of drug-likeness (QED) is 0.580. The Labute approximate surface area is 150 Å². The fraction of sp³-hybridized carbons (Fsp3) is 0.250. The van der Waals surface area contributed by atoms with Crippen molar-refractivity contribution in [2.75, 3.05) is 5.73 Å². The minimum atomic E-state index is 0.403. The molecule has 3 heterocycles. The van der Waals surface area contributed by atoms with Crippen LogP contribution in [0.2, 0.25) is 0 Å². The van der Waals surface area contributed by atoms with Crippen LogP contribution in [0.25, 0.3) is 38.9 Å². The topological polar surface area (TPSA) is 85.4 Å². The predicted molar refractivity (Wildman–Crippen MR) is 105 cm³/mol. The highest BCUT2D eigenvalue weighted by molar-refractivity contribution is 6.00. The number of allylic oxidation sites excluding steroid dienone is 1. The first-order chi connectivity index (χ1) is 12.6. The van der Waals surface area contributed by atoms with Crippen LogP contribution in [0, 0.1) is 0 Å². The molecule has 0 radical (unpaired) electrons. The van der Waals surface area contributed by atoms with Gasteiger partial charge < -0.3 is 10.7 Å². The number of nitrogen functional groups attached to an aromatic ring is 1. The van der Waals surface area contributed by atoms with Gasteiger partial charge in [0, 0.05) is 10.9 Å². The van der Waals surface area contributed by atoms with E-state index in [2.05, 4.69) is 45.8 Å². The van der Waals surface area contributed by atoms with Gasteiger partial charge in [-0.25, -0.2) is 14.6 Å². The molecule has 6 heteroatoms. The molecule has 6 nitrogen and oxygen atoms in total. The van der Waals surface area contributed by atoms with Crippen LogP contribution in [0.15, 0.2) is 37.2 Å². The van der Waals surface area contributed by atoms with Crippen LogP contribution in [-0.4, -0.2) is 24.7 Å². The Hall–Kier alpha value is -3.15. The molecule has 3 N–H and O–H groups in total. The Morgan fingerprint density at radius 3 is 2.85 bits per heavy atom. The number of hydrogen-bond donors (Lipinski definition) is 2. The van der Waals surface area contributed by atoms with E-state index in [1.165, 1.54) is 12.7 Å². The van der Waals surface area contributed by atoms with Crippen molar-refractivity contribution in [1.29, 1.82) is 0 Å². The molecular formula is C20H20N6. The summed E-state index contributed by atoms with van der Waals surface area (Å²) in [6.45, 7) is 6.04. The number of anilines is 1. The molecule has 3 aromatic heterocycles. The van der Waals surface area contributed by atoms with Gasteiger partial charge in [-0.05, 0) is 43.9 Å². The molecule has 0 spiro atoms. The highest BCUT2D eigenvalue weighted by Crippen LogP contribution is 2.38. The van der Waals surface area contributed by atoms with E-state index in [9.17, 15) is 0 Å². The van der Waals surface area contributed by atoms with Gasteiger partial charge in [-0.3, -0.25) is 0 Å². The highest BCUT2D eigenvalue weighted by atomic mass is 15.3. The molecule has 0 aliphatic heterocycles. The second kappa shape index (κ2) is 5.42. The number of H-pyrrole nitrogens is 1. The first-order valence-corrected chi connectivity index (χ1v) is 8.89. The standard InChI is InChI=1S/C20H20N6/c1-11(2)12-6-7-13-9-16(24-15(13)8-12)18-17-19(21)22-10-23-20(17)26(25-18)14-4-3-5-14/h6-10,14,24H,1,3-5H2,2H3,(H2,21,22,23). The van der Waals surface area contributed by atoms with Crippen molar-refractivity contribution in [3.8, 4) is 11.4 Å². The lowest BCUT2D eigenvalue weighted by Gasteiger charge is -2.25. The number of benzene rings is 1. The van der Waals surface area contributed by atoms with Crippen molar-refractivity contribution >= 4 is 33.3 Å². The summed E-state index contributed by atoms with van der Waals surface area (Å²) < 4.78 is 2.02. The molecule has 26 heavy (non-hydrogen) atoms. The third-order valence-corrected chi connectivity index (χ3v) is 5.31. The number of rotatable bonds is 3. The molecule has 1 aromatic carbocycles. The second-order valence-corrected chi connectivity index (χ2v) is 7.10. The Balaban J connectivity index is 1.73. The zero-order chi connectivity index (χ0) is 17.8. The minimum absolute atomic E-state index is 0.403. The van der Waals surface area contributed by atoms with Crippen LogP contribution in [-0.2, 0) is 0 Å². The largest absolute Gasteiger partial charge is 0.383 e. The molecule has 4 aromatic rings. The SMILES string of the molecule is C=C(C)c1ccc2cc(-c3nn(C4CCC4)c4ncnc(N)c34)[nH]c2c1. The molecule has 130 valence electrons. The average molecular weight is 344 g/mol. The van der Waals surface area contributed by atoms with E-state index < -0.39 is 0 Å². The molecule has 1 aliphatic rings. The van der Waals surface area contributed by atoms with E-state index in [1.807, 2.05) is 11.6 Å². The molecule has 0 atom stereocenters. The van der Waals surface area contributed by atoms with Crippen LogP contribution in [0.1, 0.15) is 37.8 Å². The van der Waals surface area contributed by atoms with Gasteiger partial charge >= 0.3 is 0 Å². The van der Waals surface area contributed by atoms with E-state index in [0.717, 1.165) is 57.3 Å². The molecule has 5 rings (SSSR count). The van der Waals surface area contributed by atoms with Crippen LogP contribution < -0.4 is 5.73 Å². The molecule has 0 unspecified atom stereocenters. The third-order valence-electron chi connectivity index (χ3n) is 5.31. The number of fused-ring (bicyclic) bond motifs is 2. The lowest BCUT2D eigenvalue weighted by Crippen LogP contribution is -2.18. The maximum absolute atomic E-state index is 6.20. The number of nitrogens with zero attached hydrogens (tertiary/aromatic N) is 4. The van der Waals surface area contributed by atoms with E-state index in [-0.39, 0.29) is 0 Å². The van der Waals surface area contributed by atoms with Crippen LogP contribution in [0.5, 0.6) is 0 Å². The highest BCUT2D eigenvalue weighted by Gasteiger charge is 2.26. The summed E-state index contributed by atoms with van der Waals surface area (Å²) in [5.41, 5.74) is 12.0. The fourth-order valence-electron chi connectivity index (χ4n) is 3.59. The molecule has 0 saturated heterocycles. The smallest absolute Gasteiger partial charge is 0.164 e. The van der Waals surface area contributed by atoms with Crippen molar-refractivity contribution < 1.29 is 0 Å². The maximum atomic E-state index is 6.20. The molecular weight excluding hydrogens is 324 g/mol. The Morgan fingerprint density at radius 2 is 2.12 bits per heavy atom. The van der Waals surface area contributed by atoms with Crippen molar-refractivity contribution in [2.45, 2.75) is 32.2 Å². The number of nitrogens with two attached hydrogens (primary N) is 1. The van der Waals surface area contributed by atoms with Crippen molar-refractivity contribution in [3.05, 3.63) is 42.7 Å². The van der Waals surface area contributed by atoms with Crippen molar-refractivity contribution in [3.63, 3.8) is 0 Å². The fourth-order valence-corrected chi connectivity index (χ4v) is 3.59. The van der Waals surface area contributed by atoms with Gasteiger partial charge in [-0.1, -0.05) is 24.3 Å². The summed E-state index contributed by atoms with van der Waals surface area (Å²) in [5.74, 6) is 0.469.